The molecule has 21 heavy (non-hydrogen) atoms. The Labute approximate surface area is 129 Å². The zero-order chi connectivity index (χ0) is 15.2. The summed E-state index contributed by atoms with van der Waals surface area (Å²) in [6.07, 6.45) is 2.59. The Hall–Kier alpha value is -1.49. The van der Waals surface area contributed by atoms with Gasteiger partial charge in [-0.05, 0) is 43.6 Å². The van der Waals surface area contributed by atoms with E-state index in [2.05, 4.69) is 19.1 Å². The molecule has 1 aliphatic rings. The number of benzene rings is 1. The summed E-state index contributed by atoms with van der Waals surface area (Å²) in [6.45, 7) is 2.66. The molecule has 0 aromatic heterocycles. The first-order chi connectivity index (χ1) is 10.1. The molecule has 1 heterocycles. The van der Waals surface area contributed by atoms with Crippen molar-refractivity contribution in [3.8, 4) is 0 Å². The molecular formula is C16H21NO3S. The van der Waals surface area contributed by atoms with E-state index in [1.54, 1.807) is 11.8 Å². The summed E-state index contributed by atoms with van der Waals surface area (Å²) in [7, 11) is 0. The lowest BCUT2D eigenvalue weighted by Gasteiger charge is -2.21. The summed E-state index contributed by atoms with van der Waals surface area (Å²) < 4.78 is 0. The predicted molar refractivity (Wildman–Crippen MR) is 83.5 cm³/mol. The van der Waals surface area contributed by atoms with Crippen LogP contribution in [0.4, 0.5) is 0 Å². The minimum atomic E-state index is -0.880. The second kappa shape index (κ2) is 7.50. The molecule has 1 aromatic carbocycles. The summed E-state index contributed by atoms with van der Waals surface area (Å²) in [4.78, 5) is 25.9. The highest BCUT2D eigenvalue weighted by Gasteiger charge is 2.33. The number of aliphatic carboxylic acids is 1. The third kappa shape index (κ3) is 4.24. The van der Waals surface area contributed by atoms with E-state index in [1.807, 2.05) is 12.1 Å². The van der Waals surface area contributed by atoms with E-state index in [0.29, 0.717) is 19.4 Å². The molecule has 5 heteroatoms. The highest BCUT2D eigenvalue weighted by molar-refractivity contribution is 7.99. The second-order valence-corrected chi connectivity index (χ2v) is 6.44. The maximum atomic E-state index is 12.1. The molecule has 1 aliphatic heterocycles. The Morgan fingerprint density at radius 1 is 1.38 bits per heavy atom. The van der Waals surface area contributed by atoms with E-state index in [4.69, 9.17) is 5.11 Å². The van der Waals surface area contributed by atoms with Crippen LogP contribution in [0.15, 0.2) is 29.2 Å². The van der Waals surface area contributed by atoms with Gasteiger partial charge in [0.15, 0.2) is 0 Å². The normalized spacial score (nSPS) is 18.0. The third-order valence-corrected chi connectivity index (χ3v) is 5.01. The lowest BCUT2D eigenvalue weighted by Crippen LogP contribution is -2.40. The van der Waals surface area contributed by atoms with Crippen molar-refractivity contribution < 1.29 is 14.7 Å². The predicted octanol–water partition coefficient (Wildman–Crippen LogP) is 2.94. The number of carbonyl (C=O) groups excluding carboxylic acids is 1. The topological polar surface area (TPSA) is 57.6 Å². The van der Waals surface area contributed by atoms with Gasteiger partial charge in [-0.3, -0.25) is 4.79 Å². The van der Waals surface area contributed by atoms with Crippen LogP contribution in [0.5, 0.6) is 0 Å². The molecular weight excluding hydrogens is 286 g/mol. The highest BCUT2D eigenvalue weighted by atomic mass is 32.2. The standard InChI is InChI=1S/C16H21NO3S/c1-12-6-2-3-8-14(12)21-11-5-9-15(18)17-10-4-7-13(17)16(19)20/h2-3,6,8,13H,4-5,7,9-11H2,1H3,(H,19,20). The van der Waals surface area contributed by atoms with Crippen LogP contribution in [0, 0.1) is 6.92 Å². The van der Waals surface area contributed by atoms with Crippen molar-refractivity contribution in [1.29, 1.82) is 0 Å². The van der Waals surface area contributed by atoms with Gasteiger partial charge in [-0.2, -0.15) is 0 Å². The molecule has 0 bridgehead atoms. The first-order valence-corrected chi connectivity index (χ1v) is 8.29. The lowest BCUT2D eigenvalue weighted by atomic mass is 10.2. The number of nitrogens with zero attached hydrogens (tertiary/aromatic N) is 1. The maximum absolute atomic E-state index is 12.1. The molecule has 0 radical (unpaired) electrons. The first kappa shape index (κ1) is 15.9. The Kier molecular flexibility index (Phi) is 5.67. The number of carbonyl (C=O) groups is 2. The van der Waals surface area contributed by atoms with E-state index in [-0.39, 0.29) is 5.91 Å². The van der Waals surface area contributed by atoms with Crippen molar-refractivity contribution in [3.05, 3.63) is 29.8 Å². The van der Waals surface area contributed by atoms with Crippen LogP contribution in [0.25, 0.3) is 0 Å². The number of amides is 1. The van der Waals surface area contributed by atoms with Crippen molar-refractivity contribution in [3.63, 3.8) is 0 Å². The number of thioether (sulfide) groups is 1. The summed E-state index contributed by atoms with van der Waals surface area (Å²) in [5.74, 6) is -0.0252. The fourth-order valence-electron chi connectivity index (χ4n) is 2.59. The molecule has 0 saturated carbocycles. The molecule has 0 aliphatic carbocycles. The van der Waals surface area contributed by atoms with E-state index >= 15 is 0 Å². The van der Waals surface area contributed by atoms with Crippen LogP contribution in [0.3, 0.4) is 0 Å². The molecule has 1 atom stereocenters. The quantitative estimate of drug-likeness (QED) is 0.648. The molecule has 2 rings (SSSR count). The van der Waals surface area contributed by atoms with Gasteiger partial charge in [0, 0.05) is 17.9 Å². The van der Waals surface area contributed by atoms with Gasteiger partial charge in [-0.1, -0.05) is 18.2 Å². The van der Waals surface area contributed by atoms with E-state index < -0.39 is 12.0 Å². The molecule has 1 saturated heterocycles. The van der Waals surface area contributed by atoms with E-state index in [1.165, 1.54) is 15.4 Å². The van der Waals surface area contributed by atoms with Crippen molar-refractivity contribution in [2.75, 3.05) is 12.3 Å². The lowest BCUT2D eigenvalue weighted by molar-refractivity contribution is -0.148. The van der Waals surface area contributed by atoms with Gasteiger partial charge in [0.1, 0.15) is 6.04 Å². The van der Waals surface area contributed by atoms with E-state index in [0.717, 1.165) is 18.6 Å². The largest absolute Gasteiger partial charge is 0.480 e. The molecule has 1 fully saturated rings. The van der Waals surface area contributed by atoms with Gasteiger partial charge in [0.05, 0.1) is 0 Å². The summed E-state index contributed by atoms with van der Waals surface area (Å²) in [5.41, 5.74) is 1.25. The summed E-state index contributed by atoms with van der Waals surface area (Å²) in [6, 6.07) is 7.59. The van der Waals surface area contributed by atoms with Gasteiger partial charge in [-0.15, -0.1) is 11.8 Å². The zero-order valence-electron chi connectivity index (χ0n) is 12.2. The second-order valence-electron chi connectivity index (χ2n) is 5.30. The number of carboxylic acid groups (broad SMARTS) is 1. The van der Waals surface area contributed by atoms with Crippen LogP contribution >= 0.6 is 11.8 Å². The van der Waals surface area contributed by atoms with Crippen molar-refractivity contribution >= 4 is 23.6 Å². The number of likely N-dealkylation sites (tertiary alicyclic amines) is 1. The van der Waals surface area contributed by atoms with Crippen LogP contribution in [-0.4, -0.2) is 40.2 Å². The smallest absolute Gasteiger partial charge is 0.326 e. The minimum Gasteiger partial charge on any atom is -0.480 e. The van der Waals surface area contributed by atoms with Crippen LogP contribution in [0.1, 0.15) is 31.2 Å². The van der Waals surface area contributed by atoms with Crippen LogP contribution < -0.4 is 0 Å². The molecule has 0 spiro atoms. The number of carboxylic acids is 1. The molecule has 114 valence electrons. The number of hydrogen-bond donors (Lipinski definition) is 1. The van der Waals surface area contributed by atoms with Gasteiger partial charge in [0.2, 0.25) is 5.91 Å². The SMILES string of the molecule is Cc1ccccc1SCCCC(=O)N1CCCC1C(=O)O. The van der Waals surface area contributed by atoms with Crippen LogP contribution in [0.2, 0.25) is 0 Å². The Bertz CT molecular complexity index is 518. The van der Waals surface area contributed by atoms with Gasteiger partial charge in [0.25, 0.3) is 0 Å². The summed E-state index contributed by atoms with van der Waals surface area (Å²) in [5, 5.41) is 9.09. The summed E-state index contributed by atoms with van der Waals surface area (Å²) >= 11 is 1.75. The average Bonchev–Trinajstić information content (AvgIpc) is 2.95. The van der Waals surface area contributed by atoms with Gasteiger partial charge < -0.3 is 10.0 Å². The third-order valence-electron chi connectivity index (χ3n) is 3.74. The average molecular weight is 307 g/mol. The zero-order valence-corrected chi connectivity index (χ0v) is 13.1. The minimum absolute atomic E-state index is 0.0229. The molecule has 1 N–H and O–H groups in total. The molecule has 1 aromatic rings. The van der Waals surface area contributed by atoms with Crippen molar-refractivity contribution in [2.45, 2.75) is 43.5 Å². The number of hydrogen-bond acceptors (Lipinski definition) is 3. The Morgan fingerprint density at radius 2 is 2.14 bits per heavy atom. The molecule has 1 amide bonds. The van der Waals surface area contributed by atoms with E-state index in [9.17, 15) is 9.59 Å². The fourth-order valence-corrected chi connectivity index (χ4v) is 3.57. The number of rotatable bonds is 6. The fraction of sp³-hybridized carbons (Fsp3) is 0.500. The Morgan fingerprint density at radius 3 is 2.86 bits per heavy atom. The Balaban J connectivity index is 1.75. The highest BCUT2D eigenvalue weighted by Crippen LogP contribution is 2.24. The molecule has 1 unspecified atom stereocenters. The van der Waals surface area contributed by atoms with Gasteiger partial charge >= 0.3 is 5.97 Å². The first-order valence-electron chi connectivity index (χ1n) is 7.30. The van der Waals surface area contributed by atoms with Crippen molar-refractivity contribution in [2.24, 2.45) is 0 Å². The monoisotopic (exact) mass is 307 g/mol. The maximum Gasteiger partial charge on any atom is 0.326 e. The van der Waals surface area contributed by atoms with Crippen molar-refractivity contribution in [1.82, 2.24) is 4.90 Å². The van der Waals surface area contributed by atoms with Crippen LogP contribution in [-0.2, 0) is 9.59 Å². The van der Waals surface area contributed by atoms with Gasteiger partial charge in [-0.25, -0.2) is 4.79 Å². The molecule has 4 nitrogen and oxygen atoms in total. The number of aryl methyl sites for hydroxylation is 1.